The van der Waals surface area contributed by atoms with E-state index in [9.17, 15) is 4.79 Å². The molecule has 5 nitrogen and oxygen atoms in total. The molecule has 1 N–H and O–H groups in total. The predicted octanol–water partition coefficient (Wildman–Crippen LogP) is 4.31. The van der Waals surface area contributed by atoms with Crippen LogP contribution in [0.5, 0.6) is 0 Å². The Hall–Kier alpha value is -2.95. The van der Waals surface area contributed by atoms with Crippen molar-refractivity contribution in [2.45, 2.75) is 20.8 Å². The van der Waals surface area contributed by atoms with Gasteiger partial charge in [-0.25, -0.2) is 0 Å². The lowest BCUT2D eigenvalue weighted by Gasteiger charge is -2.07. The van der Waals surface area contributed by atoms with E-state index in [4.69, 9.17) is 4.52 Å². The van der Waals surface area contributed by atoms with Crippen molar-refractivity contribution in [2.24, 2.45) is 5.92 Å². The molecule has 122 valence electrons. The molecule has 0 aliphatic rings. The van der Waals surface area contributed by atoms with Gasteiger partial charge in [-0.1, -0.05) is 48.8 Å². The topological polar surface area (TPSA) is 68.0 Å². The van der Waals surface area contributed by atoms with Crippen molar-refractivity contribution in [2.75, 3.05) is 5.32 Å². The van der Waals surface area contributed by atoms with Crippen molar-refractivity contribution in [1.29, 1.82) is 0 Å². The van der Waals surface area contributed by atoms with Crippen molar-refractivity contribution < 1.29 is 9.32 Å². The number of rotatable bonds is 4. The molecule has 0 unspecified atom stereocenters. The van der Waals surface area contributed by atoms with Gasteiger partial charge in [-0.15, -0.1) is 0 Å². The number of aryl methyl sites for hydroxylation is 1. The second-order valence-corrected chi connectivity index (χ2v) is 6.01. The first-order chi connectivity index (χ1) is 11.5. The number of amides is 1. The van der Waals surface area contributed by atoms with E-state index in [1.807, 2.05) is 69.3 Å². The van der Waals surface area contributed by atoms with Crippen LogP contribution in [0.25, 0.3) is 22.8 Å². The van der Waals surface area contributed by atoms with E-state index in [1.165, 1.54) is 5.56 Å². The summed E-state index contributed by atoms with van der Waals surface area (Å²) in [7, 11) is 0. The molecule has 0 aliphatic carbocycles. The molecule has 2 aromatic carbocycles. The molecule has 1 heterocycles. The number of carbonyl (C=O) groups excluding carboxylic acids is 1. The van der Waals surface area contributed by atoms with Gasteiger partial charge in [0.25, 0.3) is 5.89 Å². The molecule has 3 rings (SSSR count). The largest absolute Gasteiger partial charge is 0.334 e. The van der Waals surface area contributed by atoms with Gasteiger partial charge in [0, 0.05) is 22.7 Å². The van der Waals surface area contributed by atoms with Crippen LogP contribution in [-0.4, -0.2) is 16.0 Å². The summed E-state index contributed by atoms with van der Waals surface area (Å²) in [5.41, 5.74) is 3.65. The summed E-state index contributed by atoms with van der Waals surface area (Å²) in [6.45, 7) is 5.74. The number of aromatic nitrogens is 2. The molecule has 0 atom stereocenters. The van der Waals surface area contributed by atoms with Crippen LogP contribution < -0.4 is 5.32 Å². The number of hydrogen-bond acceptors (Lipinski definition) is 4. The van der Waals surface area contributed by atoms with Crippen LogP contribution in [0.4, 0.5) is 5.69 Å². The van der Waals surface area contributed by atoms with Crippen molar-refractivity contribution >= 4 is 11.6 Å². The standard InChI is InChI=1S/C19H19N3O2/c1-12(2)18(23)20-16-10-8-15(9-11-16)19-21-17(22-24-19)14-6-4-13(3)5-7-14/h4-12H,1-3H3,(H,20,23). The third-order valence-electron chi connectivity index (χ3n) is 3.66. The second kappa shape index (κ2) is 6.66. The van der Waals surface area contributed by atoms with E-state index in [1.54, 1.807) is 0 Å². The van der Waals surface area contributed by atoms with Gasteiger partial charge < -0.3 is 9.84 Å². The number of anilines is 1. The van der Waals surface area contributed by atoms with Crippen molar-refractivity contribution in [3.8, 4) is 22.8 Å². The number of nitrogens with one attached hydrogen (secondary N) is 1. The monoisotopic (exact) mass is 321 g/mol. The van der Waals surface area contributed by atoms with Crippen LogP contribution in [0.3, 0.4) is 0 Å². The maximum Gasteiger partial charge on any atom is 0.258 e. The van der Waals surface area contributed by atoms with E-state index < -0.39 is 0 Å². The van der Waals surface area contributed by atoms with Crippen LogP contribution in [0.2, 0.25) is 0 Å². The van der Waals surface area contributed by atoms with Crippen LogP contribution in [0.1, 0.15) is 19.4 Å². The minimum Gasteiger partial charge on any atom is -0.334 e. The number of benzene rings is 2. The summed E-state index contributed by atoms with van der Waals surface area (Å²) in [5, 5.41) is 6.88. The van der Waals surface area contributed by atoms with Crippen LogP contribution in [0, 0.1) is 12.8 Å². The van der Waals surface area contributed by atoms with Crippen LogP contribution in [0.15, 0.2) is 53.1 Å². The highest BCUT2D eigenvalue weighted by atomic mass is 16.5. The fraction of sp³-hybridized carbons (Fsp3) is 0.211. The van der Waals surface area contributed by atoms with Gasteiger partial charge in [0.2, 0.25) is 11.7 Å². The van der Waals surface area contributed by atoms with Crippen LogP contribution >= 0.6 is 0 Å². The lowest BCUT2D eigenvalue weighted by Crippen LogP contribution is -2.17. The first kappa shape index (κ1) is 15.9. The van der Waals surface area contributed by atoms with Gasteiger partial charge in [-0.05, 0) is 31.2 Å². The fourth-order valence-electron chi connectivity index (χ4n) is 2.14. The van der Waals surface area contributed by atoms with Gasteiger partial charge in [0.15, 0.2) is 0 Å². The SMILES string of the molecule is Cc1ccc(-c2noc(-c3ccc(NC(=O)C(C)C)cc3)n2)cc1. The summed E-state index contributed by atoms with van der Waals surface area (Å²) in [6, 6.07) is 15.3. The lowest BCUT2D eigenvalue weighted by atomic mass is 10.1. The molecule has 1 amide bonds. The zero-order chi connectivity index (χ0) is 17.1. The molecule has 0 bridgehead atoms. The van der Waals surface area contributed by atoms with Crippen molar-refractivity contribution in [1.82, 2.24) is 10.1 Å². The molecule has 1 aromatic heterocycles. The summed E-state index contributed by atoms with van der Waals surface area (Å²) in [5.74, 6) is 0.939. The molecule has 0 saturated carbocycles. The Balaban J connectivity index is 1.78. The zero-order valence-corrected chi connectivity index (χ0v) is 13.9. The highest BCUT2D eigenvalue weighted by molar-refractivity contribution is 5.92. The summed E-state index contributed by atoms with van der Waals surface area (Å²) in [4.78, 5) is 16.1. The Bertz CT molecular complexity index is 834. The minimum atomic E-state index is -0.0577. The van der Waals surface area contributed by atoms with Gasteiger partial charge in [0.1, 0.15) is 0 Å². The quantitative estimate of drug-likeness (QED) is 0.777. The Labute approximate surface area is 140 Å². The molecule has 0 fully saturated rings. The summed E-state index contributed by atoms with van der Waals surface area (Å²) < 4.78 is 5.35. The number of carbonyl (C=O) groups is 1. The Kier molecular flexibility index (Phi) is 4.42. The first-order valence-corrected chi connectivity index (χ1v) is 7.85. The predicted molar refractivity (Wildman–Crippen MR) is 93.4 cm³/mol. The maximum atomic E-state index is 11.7. The van der Waals surface area contributed by atoms with Gasteiger partial charge in [-0.3, -0.25) is 4.79 Å². The molecule has 5 heteroatoms. The normalized spacial score (nSPS) is 10.8. The third-order valence-corrected chi connectivity index (χ3v) is 3.66. The van der Waals surface area contributed by atoms with E-state index in [0.29, 0.717) is 11.7 Å². The first-order valence-electron chi connectivity index (χ1n) is 7.85. The second-order valence-electron chi connectivity index (χ2n) is 6.01. The Morgan fingerprint density at radius 3 is 2.25 bits per heavy atom. The summed E-state index contributed by atoms with van der Waals surface area (Å²) >= 11 is 0. The molecule has 0 aliphatic heterocycles. The van der Waals surface area contributed by atoms with E-state index in [2.05, 4.69) is 15.5 Å². The maximum absolute atomic E-state index is 11.7. The van der Waals surface area contributed by atoms with E-state index in [0.717, 1.165) is 16.8 Å². The molecule has 0 saturated heterocycles. The van der Waals surface area contributed by atoms with Crippen molar-refractivity contribution in [3.05, 3.63) is 54.1 Å². The fourth-order valence-corrected chi connectivity index (χ4v) is 2.14. The van der Waals surface area contributed by atoms with Crippen LogP contribution in [-0.2, 0) is 4.79 Å². The highest BCUT2D eigenvalue weighted by Gasteiger charge is 2.11. The van der Waals surface area contributed by atoms with E-state index in [-0.39, 0.29) is 11.8 Å². The lowest BCUT2D eigenvalue weighted by molar-refractivity contribution is -0.118. The molecule has 0 radical (unpaired) electrons. The van der Waals surface area contributed by atoms with Crippen molar-refractivity contribution in [3.63, 3.8) is 0 Å². The van der Waals surface area contributed by atoms with Gasteiger partial charge >= 0.3 is 0 Å². The number of hydrogen-bond donors (Lipinski definition) is 1. The Morgan fingerprint density at radius 1 is 1.00 bits per heavy atom. The summed E-state index contributed by atoms with van der Waals surface area (Å²) in [6.07, 6.45) is 0. The Morgan fingerprint density at radius 2 is 1.62 bits per heavy atom. The minimum absolute atomic E-state index is 0.0119. The molecule has 24 heavy (non-hydrogen) atoms. The van der Waals surface area contributed by atoms with E-state index >= 15 is 0 Å². The highest BCUT2D eigenvalue weighted by Crippen LogP contribution is 2.23. The average molecular weight is 321 g/mol. The third kappa shape index (κ3) is 3.51. The molecule has 3 aromatic rings. The smallest absolute Gasteiger partial charge is 0.258 e. The molecular formula is C19H19N3O2. The molecular weight excluding hydrogens is 302 g/mol. The number of nitrogens with zero attached hydrogens (tertiary/aromatic N) is 2. The van der Waals surface area contributed by atoms with Gasteiger partial charge in [-0.2, -0.15) is 4.98 Å². The average Bonchev–Trinajstić information content (AvgIpc) is 3.06. The van der Waals surface area contributed by atoms with Gasteiger partial charge in [0.05, 0.1) is 0 Å². The molecule has 0 spiro atoms. The zero-order valence-electron chi connectivity index (χ0n) is 13.9.